The predicted molar refractivity (Wildman–Crippen MR) is 93.2 cm³/mol. The van der Waals surface area contributed by atoms with E-state index >= 15 is 0 Å². The molecule has 4 heteroatoms. The molecule has 0 aliphatic carbocycles. The van der Waals surface area contributed by atoms with Crippen LogP contribution in [0.25, 0.3) is 10.9 Å². The number of carboxylic acid groups (broad SMARTS) is 1. The van der Waals surface area contributed by atoms with Crippen molar-refractivity contribution in [2.75, 3.05) is 13.7 Å². The first-order chi connectivity index (χ1) is 11.1. The van der Waals surface area contributed by atoms with Gasteiger partial charge in [0.1, 0.15) is 0 Å². The topological polar surface area (TPSA) is 62.3 Å². The van der Waals surface area contributed by atoms with Crippen LogP contribution in [0.15, 0.2) is 18.2 Å². The molecular weight excluding hydrogens is 290 g/mol. The first-order valence-electron chi connectivity index (χ1n) is 8.45. The number of carboxylic acids is 1. The molecule has 1 unspecified atom stereocenters. The zero-order valence-electron chi connectivity index (χ0n) is 14.3. The van der Waals surface area contributed by atoms with Gasteiger partial charge >= 0.3 is 5.97 Å². The lowest BCUT2D eigenvalue weighted by Crippen LogP contribution is -2.08. The van der Waals surface area contributed by atoms with Crippen LogP contribution in [0.5, 0.6) is 0 Å². The van der Waals surface area contributed by atoms with E-state index in [4.69, 9.17) is 4.74 Å². The van der Waals surface area contributed by atoms with E-state index in [1.807, 2.05) is 0 Å². The summed E-state index contributed by atoms with van der Waals surface area (Å²) >= 11 is 0. The summed E-state index contributed by atoms with van der Waals surface area (Å²) in [5.74, 6) is -0.712. The number of aryl methyl sites for hydroxylation is 2. The molecule has 1 aromatic carbocycles. The molecule has 0 spiro atoms. The van der Waals surface area contributed by atoms with Crippen LogP contribution in [0.2, 0.25) is 0 Å². The van der Waals surface area contributed by atoms with Crippen molar-refractivity contribution in [1.29, 1.82) is 0 Å². The van der Waals surface area contributed by atoms with Crippen LogP contribution >= 0.6 is 0 Å². The van der Waals surface area contributed by atoms with Crippen LogP contribution in [-0.4, -0.2) is 29.8 Å². The Bertz CT molecular complexity index is 660. The first kappa shape index (κ1) is 17.5. The van der Waals surface area contributed by atoms with Gasteiger partial charge in [-0.1, -0.05) is 32.0 Å². The molecule has 1 heterocycles. The fraction of sp³-hybridized carbons (Fsp3) is 0.526. The molecule has 0 saturated carbocycles. The minimum absolute atomic E-state index is 0.0298. The van der Waals surface area contributed by atoms with Crippen molar-refractivity contribution in [3.05, 3.63) is 35.0 Å². The summed E-state index contributed by atoms with van der Waals surface area (Å²) in [4.78, 5) is 14.8. The maximum Gasteiger partial charge on any atom is 0.304 e. The zero-order chi connectivity index (χ0) is 16.8. The number of para-hydroxylation sites is 1. The number of methoxy groups -OCH3 is 1. The minimum Gasteiger partial charge on any atom is -0.481 e. The first-order valence-corrected chi connectivity index (χ1v) is 8.45. The highest BCUT2D eigenvalue weighted by atomic mass is 16.5. The summed E-state index contributed by atoms with van der Waals surface area (Å²) in [5.41, 5.74) is 4.82. The number of benzene rings is 1. The molecule has 23 heavy (non-hydrogen) atoms. The molecule has 1 atom stereocenters. The van der Waals surface area contributed by atoms with Gasteiger partial charge in [-0.25, -0.2) is 0 Å². The number of hydrogen-bond acceptors (Lipinski definition) is 2. The van der Waals surface area contributed by atoms with Gasteiger partial charge in [-0.3, -0.25) is 4.79 Å². The third kappa shape index (κ3) is 3.94. The van der Waals surface area contributed by atoms with Gasteiger partial charge in [0, 0.05) is 36.2 Å². The van der Waals surface area contributed by atoms with Crippen molar-refractivity contribution < 1.29 is 14.6 Å². The Kier molecular flexibility index (Phi) is 6.22. The van der Waals surface area contributed by atoms with Gasteiger partial charge in [-0.2, -0.15) is 0 Å². The average Bonchev–Trinajstić information content (AvgIpc) is 2.91. The number of rotatable bonds is 9. The van der Waals surface area contributed by atoms with E-state index in [1.165, 1.54) is 22.0 Å². The van der Waals surface area contributed by atoms with E-state index in [9.17, 15) is 9.90 Å². The largest absolute Gasteiger partial charge is 0.481 e. The van der Waals surface area contributed by atoms with Crippen molar-refractivity contribution in [3.8, 4) is 0 Å². The SMILES string of the molecule is CCc1cccc2c(CCCOC)c(C(CC)CC(=O)O)[nH]c12. The third-order valence-electron chi connectivity index (χ3n) is 4.54. The number of nitrogens with one attached hydrogen (secondary N) is 1. The van der Waals surface area contributed by atoms with Gasteiger partial charge in [0.05, 0.1) is 6.42 Å². The number of aromatic nitrogens is 1. The molecule has 1 aromatic heterocycles. The van der Waals surface area contributed by atoms with Crippen molar-refractivity contribution in [3.63, 3.8) is 0 Å². The molecule has 0 fully saturated rings. The Balaban J connectivity index is 2.51. The predicted octanol–water partition coefficient (Wildman–Crippen LogP) is 4.28. The van der Waals surface area contributed by atoms with Crippen LogP contribution < -0.4 is 0 Å². The molecule has 0 aliphatic heterocycles. The fourth-order valence-electron chi connectivity index (χ4n) is 3.32. The minimum atomic E-state index is -0.742. The lowest BCUT2D eigenvalue weighted by Gasteiger charge is -2.14. The van der Waals surface area contributed by atoms with Crippen LogP contribution in [0.4, 0.5) is 0 Å². The lowest BCUT2D eigenvalue weighted by molar-refractivity contribution is -0.137. The molecule has 2 aromatic rings. The molecule has 0 aliphatic rings. The Morgan fingerprint density at radius 2 is 2.13 bits per heavy atom. The maximum atomic E-state index is 11.2. The van der Waals surface area contributed by atoms with E-state index < -0.39 is 5.97 Å². The molecule has 2 N–H and O–H groups in total. The Morgan fingerprint density at radius 3 is 2.74 bits per heavy atom. The molecule has 126 valence electrons. The summed E-state index contributed by atoms with van der Waals surface area (Å²) in [5, 5.41) is 10.5. The monoisotopic (exact) mass is 317 g/mol. The Labute approximate surface area is 137 Å². The van der Waals surface area contributed by atoms with Gasteiger partial charge in [0.15, 0.2) is 0 Å². The van der Waals surface area contributed by atoms with Crippen LogP contribution in [-0.2, 0) is 22.4 Å². The summed E-state index contributed by atoms with van der Waals surface area (Å²) in [6.07, 6.45) is 3.80. The van der Waals surface area contributed by atoms with Crippen LogP contribution in [0.1, 0.15) is 55.8 Å². The fourth-order valence-corrected chi connectivity index (χ4v) is 3.32. The number of ether oxygens (including phenoxy) is 1. The van der Waals surface area contributed by atoms with Crippen molar-refractivity contribution in [2.24, 2.45) is 0 Å². The zero-order valence-corrected chi connectivity index (χ0v) is 14.3. The molecule has 4 nitrogen and oxygen atoms in total. The number of hydrogen-bond donors (Lipinski definition) is 2. The van der Waals surface area contributed by atoms with Crippen molar-refractivity contribution in [1.82, 2.24) is 4.98 Å². The second-order valence-corrected chi connectivity index (χ2v) is 6.01. The summed E-state index contributed by atoms with van der Waals surface area (Å²) in [6.45, 7) is 4.92. The normalized spacial score (nSPS) is 12.7. The number of aromatic amines is 1. The smallest absolute Gasteiger partial charge is 0.304 e. The number of fused-ring (bicyclic) bond motifs is 1. The third-order valence-corrected chi connectivity index (χ3v) is 4.54. The highest BCUT2D eigenvalue weighted by molar-refractivity contribution is 5.88. The summed E-state index contributed by atoms with van der Waals surface area (Å²) < 4.78 is 5.18. The van der Waals surface area contributed by atoms with E-state index in [0.29, 0.717) is 0 Å². The van der Waals surface area contributed by atoms with E-state index in [2.05, 4.69) is 37.0 Å². The molecule has 0 saturated heterocycles. The Hall–Kier alpha value is -1.81. The van der Waals surface area contributed by atoms with Gasteiger partial charge in [0.25, 0.3) is 0 Å². The van der Waals surface area contributed by atoms with E-state index in [1.54, 1.807) is 7.11 Å². The number of H-pyrrole nitrogens is 1. The number of aliphatic carboxylic acids is 1. The van der Waals surface area contributed by atoms with Crippen molar-refractivity contribution >= 4 is 16.9 Å². The van der Waals surface area contributed by atoms with Crippen molar-refractivity contribution in [2.45, 2.75) is 51.9 Å². The van der Waals surface area contributed by atoms with Crippen LogP contribution in [0, 0.1) is 0 Å². The van der Waals surface area contributed by atoms with E-state index in [0.717, 1.165) is 38.0 Å². The molecule has 0 amide bonds. The summed E-state index contributed by atoms with van der Waals surface area (Å²) in [6, 6.07) is 6.38. The lowest BCUT2D eigenvalue weighted by atomic mass is 9.92. The van der Waals surface area contributed by atoms with Gasteiger partial charge < -0.3 is 14.8 Å². The molecule has 0 radical (unpaired) electrons. The number of carbonyl (C=O) groups is 1. The van der Waals surface area contributed by atoms with Gasteiger partial charge in [-0.15, -0.1) is 0 Å². The maximum absolute atomic E-state index is 11.2. The second-order valence-electron chi connectivity index (χ2n) is 6.01. The molecular formula is C19H27NO3. The summed E-state index contributed by atoms with van der Waals surface area (Å²) in [7, 11) is 1.71. The second kappa shape index (κ2) is 8.16. The van der Waals surface area contributed by atoms with E-state index in [-0.39, 0.29) is 12.3 Å². The average molecular weight is 317 g/mol. The molecule has 0 bridgehead atoms. The van der Waals surface area contributed by atoms with Gasteiger partial charge in [-0.05, 0) is 36.8 Å². The highest BCUT2D eigenvalue weighted by Gasteiger charge is 2.21. The van der Waals surface area contributed by atoms with Gasteiger partial charge in [0.2, 0.25) is 0 Å². The quantitative estimate of drug-likeness (QED) is 0.679. The highest BCUT2D eigenvalue weighted by Crippen LogP contribution is 2.34. The molecule has 2 rings (SSSR count). The Morgan fingerprint density at radius 1 is 1.35 bits per heavy atom. The standard InChI is InChI=1S/C19H27NO3/c1-4-13-8-6-9-15-16(10-7-11-23-3)19(20-18(13)15)14(5-2)12-17(21)22/h6,8-9,14,20H,4-5,7,10-12H2,1-3H3,(H,21,22). The van der Waals surface area contributed by atoms with Crippen LogP contribution in [0.3, 0.4) is 0 Å².